The standard InChI is InChI=1S/C27H43N5O/c1-27(2,3)22-10-12-23(13-11-22)31-15-6-16-32(18-17-31)25-9-4-8-24(30-25)26(33)29-20-21-7-5-14-28-19-21/h4-5,7-9,19,22-23,25,28,30H,6,10-18,20H2,1-3H3,(H,29,33). The Hall–Kier alpha value is -2.05. The van der Waals surface area contributed by atoms with Gasteiger partial charge < -0.3 is 16.0 Å². The van der Waals surface area contributed by atoms with Crippen LogP contribution in [0.4, 0.5) is 0 Å². The molecule has 1 saturated heterocycles. The van der Waals surface area contributed by atoms with Gasteiger partial charge in [0, 0.05) is 45.0 Å². The van der Waals surface area contributed by atoms with E-state index in [9.17, 15) is 4.79 Å². The molecule has 2 fully saturated rings. The summed E-state index contributed by atoms with van der Waals surface area (Å²) >= 11 is 0. The number of nitrogens with one attached hydrogen (secondary N) is 3. The minimum absolute atomic E-state index is 0.0451. The van der Waals surface area contributed by atoms with Crippen LogP contribution in [0.5, 0.6) is 0 Å². The van der Waals surface area contributed by atoms with Crippen molar-refractivity contribution >= 4 is 5.91 Å². The highest BCUT2D eigenvalue weighted by atomic mass is 16.2. The third-order valence-corrected chi connectivity index (χ3v) is 7.81. The zero-order valence-electron chi connectivity index (χ0n) is 20.8. The fourth-order valence-electron chi connectivity index (χ4n) is 5.68. The number of nitrogens with zero attached hydrogens (tertiary/aromatic N) is 2. The molecule has 3 N–H and O–H groups in total. The number of carbonyl (C=O) groups excluding carboxylic acids is 1. The van der Waals surface area contributed by atoms with Crippen molar-refractivity contribution in [3.05, 3.63) is 47.9 Å². The summed E-state index contributed by atoms with van der Waals surface area (Å²) in [6, 6.07) is 0.747. The molecule has 0 aromatic carbocycles. The Kier molecular flexibility index (Phi) is 7.97. The predicted octanol–water partition coefficient (Wildman–Crippen LogP) is 3.13. The molecule has 1 atom stereocenters. The van der Waals surface area contributed by atoms with Gasteiger partial charge in [0.25, 0.3) is 5.91 Å². The van der Waals surface area contributed by atoms with E-state index >= 15 is 0 Å². The number of rotatable bonds is 5. The number of amides is 1. The third kappa shape index (κ3) is 6.51. The smallest absolute Gasteiger partial charge is 0.267 e. The molecule has 1 amide bonds. The van der Waals surface area contributed by atoms with Gasteiger partial charge in [-0.1, -0.05) is 39.0 Å². The molecule has 3 aliphatic heterocycles. The fraction of sp³-hybridized carbons (Fsp3) is 0.667. The lowest BCUT2D eigenvalue weighted by atomic mass is 9.71. The third-order valence-electron chi connectivity index (χ3n) is 7.81. The Morgan fingerprint density at radius 1 is 1.09 bits per heavy atom. The lowest BCUT2D eigenvalue weighted by molar-refractivity contribution is -0.117. The molecule has 0 spiro atoms. The first-order valence-electron chi connectivity index (χ1n) is 12.9. The molecule has 1 unspecified atom stereocenters. The van der Waals surface area contributed by atoms with Crippen LogP contribution in [0.2, 0.25) is 0 Å². The Labute approximate surface area is 200 Å². The van der Waals surface area contributed by atoms with Gasteiger partial charge in [-0.15, -0.1) is 0 Å². The SMILES string of the molecule is CC(C)(C)C1CCC(N2CCCN(C3C=CC=C(C(=O)NCC4=CNCC=C4)N3)CC2)CC1. The van der Waals surface area contributed by atoms with Gasteiger partial charge in [0.1, 0.15) is 5.70 Å². The van der Waals surface area contributed by atoms with Crippen LogP contribution in [0, 0.1) is 11.3 Å². The summed E-state index contributed by atoms with van der Waals surface area (Å²) in [5, 5.41) is 9.68. The first kappa shape index (κ1) is 24.1. The van der Waals surface area contributed by atoms with Crippen molar-refractivity contribution in [2.24, 2.45) is 11.3 Å². The fourth-order valence-corrected chi connectivity index (χ4v) is 5.68. The number of dihydropyridines is 2. The molecule has 6 heteroatoms. The van der Waals surface area contributed by atoms with Gasteiger partial charge in [-0.2, -0.15) is 0 Å². The van der Waals surface area contributed by atoms with Crippen molar-refractivity contribution in [3.63, 3.8) is 0 Å². The van der Waals surface area contributed by atoms with Crippen molar-refractivity contribution in [3.8, 4) is 0 Å². The van der Waals surface area contributed by atoms with Gasteiger partial charge in [-0.3, -0.25) is 14.6 Å². The van der Waals surface area contributed by atoms with E-state index < -0.39 is 0 Å². The monoisotopic (exact) mass is 453 g/mol. The molecule has 182 valence electrons. The maximum atomic E-state index is 12.7. The van der Waals surface area contributed by atoms with Crippen LogP contribution in [0.25, 0.3) is 0 Å². The molecule has 0 aromatic rings. The molecule has 3 heterocycles. The van der Waals surface area contributed by atoms with E-state index in [0.29, 0.717) is 17.7 Å². The minimum Gasteiger partial charge on any atom is -0.387 e. The van der Waals surface area contributed by atoms with Crippen LogP contribution in [-0.2, 0) is 4.79 Å². The van der Waals surface area contributed by atoms with E-state index in [2.05, 4.69) is 64.7 Å². The molecule has 1 aliphatic carbocycles. The molecular weight excluding hydrogens is 410 g/mol. The molecule has 0 radical (unpaired) electrons. The molecular formula is C27H43N5O. The van der Waals surface area contributed by atoms with E-state index in [-0.39, 0.29) is 12.1 Å². The topological polar surface area (TPSA) is 59.6 Å². The highest BCUT2D eigenvalue weighted by molar-refractivity contribution is 5.93. The molecule has 4 rings (SSSR count). The zero-order chi connectivity index (χ0) is 23.3. The van der Waals surface area contributed by atoms with Crippen molar-refractivity contribution in [1.82, 2.24) is 25.8 Å². The van der Waals surface area contributed by atoms with E-state index in [4.69, 9.17) is 0 Å². The van der Waals surface area contributed by atoms with Gasteiger partial charge in [0.2, 0.25) is 0 Å². The van der Waals surface area contributed by atoms with Crippen LogP contribution in [0.1, 0.15) is 52.9 Å². The zero-order valence-corrected chi connectivity index (χ0v) is 20.8. The lowest BCUT2D eigenvalue weighted by Crippen LogP contribution is -2.49. The first-order valence-corrected chi connectivity index (χ1v) is 12.9. The molecule has 0 aromatic heterocycles. The molecule has 0 bridgehead atoms. The normalized spacial score (nSPS) is 29.4. The van der Waals surface area contributed by atoms with Gasteiger partial charge >= 0.3 is 0 Å². The van der Waals surface area contributed by atoms with Crippen LogP contribution >= 0.6 is 0 Å². The predicted molar refractivity (Wildman–Crippen MR) is 135 cm³/mol. The average molecular weight is 454 g/mol. The summed E-state index contributed by atoms with van der Waals surface area (Å²) < 4.78 is 0. The Morgan fingerprint density at radius 3 is 2.58 bits per heavy atom. The van der Waals surface area contributed by atoms with Gasteiger partial charge in [-0.25, -0.2) is 0 Å². The van der Waals surface area contributed by atoms with E-state index in [1.807, 2.05) is 18.4 Å². The molecule has 6 nitrogen and oxygen atoms in total. The largest absolute Gasteiger partial charge is 0.387 e. The van der Waals surface area contributed by atoms with Crippen LogP contribution < -0.4 is 16.0 Å². The van der Waals surface area contributed by atoms with Crippen molar-refractivity contribution in [2.75, 3.05) is 39.3 Å². The second-order valence-corrected chi connectivity index (χ2v) is 11.1. The summed E-state index contributed by atoms with van der Waals surface area (Å²) in [5.41, 5.74) is 2.18. The average Bonchev–Trinajstić information content (AvgIpc) is 3.09. The first-order chi connectivity index (χ1) is 15.9. The highest BCUT2D eigenvalue weighted by Gasteiger charge is 2.33. The van der Waals surface area contributed by atoms with Crippen molar-refractivity contribution < 1.29 is 4.79 Å². The summed E-state index contributed by atoms with van der Waals surface area (Å²) in [6.07, 6.45) is 18.9. The lowest BCUT2D eigenvalue weighted by Gasteiger charge is -2.41. The number of hydrogen-bond donors (Lipinski definition) is 3. The summed E-state index contributed by atoms with van der Waals surface area (Å²) in [5.74, 6) is 0.822. The van der Waals surface area contributed by atoms with Crippen LogP contribution in [-0.4, -0.2) is 67.2 Å². The van der Waals surface area contributed by atoms with Crippen LogP contribution in [0.3, 0.4) is 0 Å². The van der Waals surface area contributed by atoms with Crippen molar-refractivity contribution in [2.45, 2.75) is 65.1 Å². The van der Waals surface area contributed by atoms with E-state index in [1.165, 1.54) is 38.6 Å². The second-order valence-electron chi connectivity index (χ2n) is 11.1. The molecule has 4 aliphatic rings. The maximum Gasteiger partial charge on any atom is 0.267 e. The highest BCUT2D eigenvalue weighted by Crippen LogP contribution is 2.39. The summed E-state index contributed by atoms with van der Waals surface area (Å²) in [6.45, 7) is 13.0. The maximum absolute atomic E-state index is 12.7. The number of carbonyl (C=O) groups is 1. The van der Waals surface area contributed by atoms with E-state index in [0.717, 1.165) is 43.7 Å². The summed E-state index contributed by atoms with van der Waals surface area (Å²) in [7, 11) is 0. The quantitative estimate of drug-likeness (QED) is 0.597. The van der Waals surface area contributed by atoms with Gasteiger partial charge in [-0.05, 0) is 67.7 Å². The summed E-state index contributed by atoms with van der Waals surface area (Å²) in [4.78, 5) is 18.0. The molecule has 1 saturated carbocycles. The van der Waals surface area contributed by atoms with Gasteiger partial charge in [0.05, 0.1) is 6.17 Å². The Bertz CT molecular complexity index is 798. The Balaban J connectivity index is 1.24. The van der Waals surface area contributed by atoms with E-state index in [1.54, 1.807) is 0 Å². The Morgan fingerprint density at radius 2 is 1.85 bits per heavy atom. The van der Waals surface area contributed by atoms with Gasteiger partial charge in [0.15, 0.2) is 0 Å². The molecule has 33 heavy (non-hydrogen) atoms. The second kappa shape index (κ2) is 10.9. The van der Waals surface area contributed by atoms with Crippen LogP contribution in [0.15, 0.2) is 47.9 Å². The number of allylic oxidation sites excluding steroid dienone is 2. The number of hydrogen-bond acceptors (Lipinski definition) is 5. The van der Waals surface area contributed by atoms with Crippen molar-refractivity contribution in [1.29, 1.82) is 0 Å². The minimum atomic E-state index is -0.0451.